The van der Waals surface area contributed by atoms with Gasteiger partial charge in [-0.15, -0.1) is 0 Å². The second-order valence-corrected chi connectivity index (χ2v) is 7.44. The van der Waals surface area contributed by atoms with Crippen LogP contribution in [0.25, 0.3) is 11.3 Å². The normalized spacial score (nSPS) is 13.2. The third-order valence-corrected chi connectivity index (χ3v) is 5.09. The van der Waals surface area contributed by atoms with Crippen molar-refractivity contribution in [3.8, 4) is 17.0 Å². The van der Waals surface area contributed by atoms with Crippen LogP contribution in [0.5, 0.6) is 5.75 Å². The molecule has 3 aromatic rings. The lowest BCUT2D eigenvalue weighted by Gasteiger charge is -2.20. The van der Waals surface area contributed by atoms with E-state index in [0.717, 1.165) is 17.1 Å². The topological polar surface area (TPSA) is 97.5 Å². The summed E-state index contributed by atoms with van der Waals surface area (Å²) in [5.41, 5.74) is 2.05. The van der Waals surface area contributed by atoms with Crippen LogP contribution in [0.3, 0.4) is 0 Å². The highest BCUT2D eigenvalue weighted by atomic mass is 19.4. The van der Waals surface area contributed by atoms with E-state index in [1.807, 2.05) is 29.4 Å². The van der Waals surface area contributed by atoms with Crippen LogP contribution in [0, 0.1) is 5.82 Å². The highest BCUT2D eigenvalue weighted by Crippen LogP contribution is 2.22. The van der Waals surface area contributed by atoms with E-state index < -0.39 is 12.1 Å². The number of alkyl halides is 3. The Morgan fingerprint density at radius 2 is 1.77 bits per heavy atom. The van der Waals surface area contributed by atoms with E-state index in [1.54, 1.807) is 18.3 Å². The zero-order chi connectivity index (χ0) is 25.4. The summed E-state index contributed by atoms with van der Waals surface area (Å²) in [6, 6.07) is 9.72. The molecule has 0 spiro atoms. The average molecular weight is 494 g/mol. The molecule has 35 heavy (non-hydrogen) atoms. The van der Waals surface area contributed by atoms with Crippen LogP contribution in [0.1, 0.15) is 12.2 Å². The molecule has 1 amide bonds. The van der Waals surface area contributed by atoms with Crippen molar-refractivity contribution < 1.29 is 37.0 Å². The number of imidazole rings is 1. The smallest absolute Gasteiger partial charge is 0.490 e. The van der Waals surface area contributed by atoms with Crippen molar-refractivity contribution in [3.05, 3.63) is 66.6 Å². The number of carboxylic acids is 1. The minimum Gasteiger partial charge on any atom is -0.493 e. The molecule has 0 atom stereocenters. The Balaban J connectivity index is 0.000000429. The fourth-order valence-corrected chi connectivity index (χ4v) is 3.37. The number of pyridine rings is 1. The lowest BCUT2D eigenvalue weighted by molar-refractivity contribution is -0.192. The van der Waals surface area contributed by atoms with Crippen molar-refractivity contribution in [1.29, 1.82) is 0 Å². The fourth-order valence-electron chi connectivity index (χ4n) is 3.37. The van der Waals surface area contributed by atoms with E-state index in [0.29, 0.717) is 31.8 Å². The summed E-state index contributed by atoms with van der Waals surface area (Å²) in [6.45, 7) is 2.24. The van der Waals surface area contributed by atoms with Gasteiger partial charge in [0, 0.05) is 44.0 Å². The molecule has 186 valence electrons. The number of aliphatic carboxylic acids is 1. The van der Waals surface area contributed by atoms with Crippen LogP contribution < -0.4 is 4.74 Å². The van der Waals surface area contributed by atoms with Gasteiger partial charge in [-0.1, -0.05) is 0 Å². The number of nitrogens with zero attached hydrogens (tertiary/aromatic N) is 4. The summed E-state index contributed by atoms with van der Waals surface area (Å²) in [7, 11) is 0. The first-order valence-corrected chi connectivity index (χ1v) is 10.6. The first-order valence-electron chi connectivity index (χ1n) is 10.6. The minimum atomic E-state index is -5.08. The largest absolute Gasteiger partial charge is 0.493 e. The highest BCUT2D eigenvalue weighted by molar-refractivity contribution is 5.76. The molecular formula is C23H22F4N4O4. The Hall–Kier alpha value is -3.96. The number of carboxylic acid groups (broad SMARTS) is 1. The molecule has 1 aromatic carbocycles. The van der Waals surface area contributed by atoms with E-state index >= 15 is 0 Å². The molecule has 2 aromatic heterocycles. The third-order valence-electron chi connectivity index (χ3n) is 5.09. The van der Waals surface area contributed by atoms with Crippen LogP contribution in [0.4, 0.5) is 17.6 Å². The number of benzene rings is 1. The van der Waals surface area contributed by atoms with Gasteiger partial charge in [-0.25, -0.2) is 14.2 Å². The molecule has 0 unspecified atom stereocenters. The number of rotatable bonds is 5. The van der Waals surface area contributed by atoms with Gasteiger partial charge in [0.05, 0.1) is 24.9 Å². The molecule has 4 rings (SSSR count). The Kier molecular flexibility index (Phi) is 8.39. The van der Waals surface area contributed by atoms with Gasteiger partial charge in [0.2, 0.25) is 5.91 Å². The lowest BCUT2D eigenvalue weighted by Crippen LogP contribution is -2.34. The standard InChI is InChI=1S/C21H21FN4O2.C2HF3O2/c22-17-3-5-18(6-4-17)28-13-8-21(27)25-10-7-20-24-15-19(26(20)12-11-25)16-2-1-9-23-14-16;3-2(4,5)1(6)7/h1-6,9,14-15H,7-8,10-13H2;(H,6,7). The highest BCUT2D eigenvalue weighted by Gasteiger charge is 2.38. The SMILES string of the molecule is O=C(CCOc1ccc(F)cc1)N1CCc2ncc(-c3cccnc3)n2CC1.O=C(O)C(F)(F)F. The predicted octanol–water partition coefficient (Wildman–Crippen LogP) is 3.57. The molecular weight excluding hydrogens is 472 g/mol. The van der Waals surface area contributed by atoms with Gasteiger partial charge in [0.15, 0.2) is 0 Å². The summed E-state index contributed by atoms with van der Waals surface area (Å²) < 4.78 is 52.4. The maximum atomic E-state index is 12.9. The van der Waals surface area contributed by atoms with Gasteiger partial charge >= 0.3 is 12.1 Å². The van der Waals surface area contributed by atoms with Gasteiger partial charge in [-0.3, -0.25) is 9.78 Å². The summed E-state index contributed by atoms with van der Waals surface area (Å²) in [6.07, 6.45) is 1.36. The molecule has 0 radical (unpaired) electrons. The van der Waals surface area contributed by atoms with Crippen molar-refractivity contribution in [2.75, 3.05) is 19.7 Å². The molecule has 1 N–H and O–H groups in total. The number of carbonyl (C=O) groups is 2. The summed E-state index contributed by atoms with van der Waals surface area (Å²) in [5.74, 6) is -1.47. The number of fused-ring (bicyclic) bond motifs is 1. The number of carbonyl (C=O) groups excluding carboxylic acids is 1. The summed E-state index contributed by atoms with van der Waals surface area (Å²) in [4.78, 5) is 32.0. The molecule has 12 heteroatoms. The van der Waals surface area contributed by atoms with Gasteiger partial charge in [0.1, 0.15) is 17.4 Å². The summed E-state index contributed by atoms with van der Waals surface area (Å²) in [5, 5.41) is 7.12. The Bertz CT molecular complexity index is 1130. The van der Waals surface area contributed by atoms with E-state index in [4.69, 9.17) is 14.6 Å². The van der Waals surface area contributed by atoms with E-state index in [-0.39, 0.29) is 24.8 Å². The van der Waals surface area contributed by atoms with Crippen molar-refractivity contribution in [3.63, 3.8) is 0 Å². The van der Waals surface area contributed by atoms with Crippen LogP contribution in [0.2, 0.25) is 0 Å². The van der Waals surface area contributed by atoms with E-state index in [1.165, 1.54) is 12.1 Å². The first-order chi connectivity index (χ1) is 16.6. The number of hydrogen-bond donors (Lipinski definition) is 1. The number of halogens is 4. The molecule has 0 aliphatic carbocycles. The minimum absolute atomic E-state index is 0.0517. The Morgan fingerprint density at radius 3 is 2.40 bits per heavy atom. The molecule has 0 bridgehead atoms. The molecule has 1 aliphatic heterocycles. The molecule has 8 nitrogen and oxygen atoms in total. The van der Waals surface area contributed by atoms with Gasteiger partial charge in [-0.2, -0.15) is 13.2 Å². The van der Waals surface area contributed by atoms with Crippen molar-refractivity contribution in [2.24, 2.45) is 0 Å². The maximum absolute atomic E-state index is 12.9. The second kappa shape index (κ2) is 11.4. The zero-order valence-corrected chi connectivity index (χ0v) is 18.4. The molecule has 3 heterocycles. The number of aromatic nitrogens is 3. The first kappa shape index (κ1) is 25.7. The Morgan fingerprint density at radius 1 is 1.06 bits per heavy atom. The number of hydrogen-bond acceptors (Lipinski definition) is 5. The van der Waals surface area contributed by atoms with Crippen LogP contribution >= 0.6 is 0 Å². The number of amides is 1. The molecule has 1 aliphatic rings. The third kappa shape index (κ3) is 7.26. The summed E-state index contributed by atoms with van der Waals surface area (Å²) >= 11 is 0. The monoisotopic (exact) mass is 494 g/mol. The predicted molar refractivity (Wildman–Crippen MR) is 116 cm³/mol. The van der Waals surface area contributed by atoms with Crippen molar-refractivity contribution in [1.82, 2.24) is 19.4 Å². The van der Waals surface area contributed by atoms with Crippen LogP contribution in [-0.4, -0.2) is 62.3 Å². The van der Waals surface area contributed by atoms with E-state index in [9.17, 15) is 22.4 Å². The lowest BCUT2D eigenvalue weighted by atomic mass is 10.2. The maximum Gasteiger partial charge on any atom is 0.490 e. The second-order valence-electron chi connectivity index (χ2n) is 7.44. The zero-order valence-electron chi connectivity index (χ0n) is 18.4. The van der Waals surface area contributed by atoms with Gasteiger partial charge in [0.25, 0.3) is 0 Å². The van der Waals surface area contributed by atoms with Crippen molar-refractivity contribution >= 4 is 11.9 Å². The Labute approximate surface area is 197 Å². The van der Waals surface area contributed by atoms with Crippen LogP contribution in [-0.2, 0) is 22.6 Å². The van der Waals surface area contributed by atoms with Gasteiger partial charge in [-0.05, 0) is 36.4 Å². The van der Waals surface area contributed by atoms with Gasteiger partial charge < -0.3 is 19.3 Å². The molecule has 0 fully saturated rings. The molecule has 0 saturated carbocycles. The number of ether oxygens (including phenoxy) is 1. The average Bonchev–Trinajstić information content (AvgIpc) is 3.11. The van der Waals surface area contributed by atoms with Crippen molar-refractivity contribution in [2.45, 2.75) is 25.6 Å². The van der Waals surface area contributed by atoms with Crippen LogP contribution in [0.15, 0.2) is 55.0 Å². The fraction of sp³-hybridized carbons (Fsp3) is 0.304. The van der Waals surface area contributed by atoms with E-state index in [2.05, 4.69) is 14.5 Å². The molecule has 0 saturated heterocycles. The quantitative estimate of drug-likeness (QED) is 0.545.